The normalized spacial score (nSPS) is 19.3. The summed E-state index contributed by atoms with van der Waals surface area (Å²) >= 11 is 0.941. The molecule has 206 valence electrons. The van der Waals surface area contributed by atoms with E-state index < -0.39 is 23.7 Å². The molecular weight excluding hydrogens is 532 g/mol. The third-order valence-electron chi connectivity index (χ3n) is 6.61. The second kappa shape index (κ2) is 11.0. The summed E-state index contributed by atoms with van der Waals surface area (Å²) < 4.78 is 16.6. The van der Waals surface area contributed by atoms with Crippen molar-refractivity contribution in [1.82, 2.24) is 4.98 Å². The monoisotopic (exact) mass is 560 g/mol. The van der Waals surface area contributed by atoms with Gasteiger partial charge in [-0.05, 0) is 62.2 Å². The first-order valence-corrected chi connectivity index (χ1v) is 13.6. The van der Waals surface area contributed by atoms with Gasteiger partial charge in [0, 0.05) is 12.0 Å². The highest BCUT2D eigenvalue weighted by Gasteiger charge is 2.48. The summed E-state index contributed by atoms with van der Waals surface area (Å²) in [6.45, 7) is 9.41. The lowest BCUT2D eigenvalue weighted by Crippen LogP contribution is -2.29. The first kappa shape index (κ1) is 27.1. The molecule has 3 heterocycles. The Labute approximate surface area is 235 Å². The predicted molar refractivity (Wildman–Crippen MR) is 150 cm³/mol. The number of thiazole rings is 1. The predicted octanol–water partition coefficient (Wildman–Crippen LogP) is 5.14. The molecule has 40 heavy (non-hydrogen) atoms. The first-order valence-electron chi connectivity index (χ1n) is 12.8. The van der Waals surface area contributed by atoms with Gasteiger partial charge in [-0.2, -0.15) is 0 Å². The molecule has 0 saturated carbocycles. The van der Waals surface area contributed by atoms with Crippen molar-refractivity contribution in [2.45, 2.75) is 39.3 Å². The average Bonchev–Trinajstić information content (AvgIpc) is 3.59. The standard InChI is InChI=1S/C30H28N2O7S/c1-5-12-38-29(36)27-17(4)31-30(40-27)32-24(18-8-7-9-21(15-18)37-6-2)23(26(34)28(32)35)25(33)19-10-11-22-20(14-19)13-16(3)39-22/h5,7-11,14-16,24,33H,1,6,12-13H2,2-4H3/b25-23-. The van der Waals surface area contributed by atoms with Gasteiger partial charge in [-0.15, -0.1) is 0 Å². The van der Waals surface area contributed by atoms with Gasteiger partial charge >= 0.3 is 11.9 Å². The largest absolute Gasteiger partial charge is 0.507 e. The van der Waals surface area contributed by atoms with Gasteiger partial charge in [-0.25, -0.2) is 9.78 Å². The van der Waals surface area contributed by atoms with E-state index in [0.29, 0.717) is 35.6 Å². The Bertz CT molecular complexity index is 1560. The van der Waals surface area contributed by atoms with Crippen molar-refractivity contribution in [2.75, 3.05) is 18.1 Å². The lowest BCUT2D eigenvalue weighted by Gasteiger charge is -2.23. The van der Waals surface area contributed by atoms with E-state index in [1.165, 1.54) is 11.0 Å². The summed E-state index contributed by atoms with van der Waals surface area (Å²) in [6, 6.07) is 11.1. The average molecular weight is 561 g/mol. The number of ketones is 1. The van der Waals surface area contributed by atoms with Crippen molar-refractivity contribution in [3.05, 3.63) is 88.0 Å². The number of ether oxygens (including phenoxy) is 3. The number of hydrogen-bond acceptors (Lipinski definition) is 9. The van der Waals surface area contributed by atoms with Crippen LogP contribution in [0.4, 0.5) is 5.13 Å². The van der Waals surface area contributed by atoms with E-state index in [1.54, 1.807) is 49.4 Å². The molecule has 9 nitrogen and oxygen atoms in total. The lowest BCUT2D eigenvalue weighted by atomic mass is 9.94. The van der Waals surface area contributed by atoms with Gasteiger partial charge in [0.2, 0.25) is 0 Å². The van der Waals surface area contributed by atoms with Crippen LogP contribution in [0.2, 0.25) is 0 Å². The van der Waals surface area contributed by atoms with E-state index in [0.717, 1.165) is 22.6 Å². The highest BCUT2D eigenvalue weighted by Crippen LogP contribution is 2.45. The number of Topliss-reactive ketones (excluding diaryl/α,β-unsaturated/α-hetero) is 1. The minimum absolute atomic E-state index is 0.000195. The molecule has 2 atom stereocenters. The third kappa shape index (κ3) is 4.86. The van der Waals surface area contributed by atoms with Crippen LogP contribution in [0.5, 0.6) is 11.5 Å². The fourth-order valence-corrected chi connectivity index (χ4v) is 5.87. The van der Waals surface area contributed by atoms with Crippen molar-refractivity contribution in [2.24, 2.45) is 0 Å². The second-order valence-corrected chi connectivity index (χ2v) is 10.4. The molecule has 0 bridgehead atoms. The Kier molecular flexibility index (Phi) is 7.44. The fourth-order valence-electron chi connectivity index (χ4n) is 4.89. The van der Waals surface area contributed by atoms with Crippen LogP contribution in [0, 0.1) is 6.92 Å². The number of benzene rings is 2. The number of fused-ring (bicyclic) bond motifs is 1. The van der Waals surface area contributed by atoms with Gasteiger partial charge in [0.05, 0.1) is 23.9 Å². The molecule has 10 heteroatoms. The van der Waals surface area contributed by atoms with Crippen LogP contribution in [0.25, 0.3) is 5.76 Å². The number of nitrogens with zero attached hydrogens (tertiary/aromatic N) is 2. The van der Waals surface area contributed by atoms with Crippen LogP contribution in [0.3, 0.4) is 0 Å². The van der Waals surface area contributed by atoms with E-state index in [4.69, 9.17) is 14.2 Å². The molecule has 1 amide bonds. The number of rotatable bonds is 8. The van der Waals surface area contributed by atoms with Crippen LogP contribution in [0.15, 0.2) is 60.7 Å². The molecule has 2 aliphatic heterocycles. The Hall–Kier alpha value is -4.44. The minimum Gasteiger partial charge on any atom is -0.507 e. The van der Waals surface area contributed by atoms with Gasteiger partial charge in [0.25, 0.3) is 5.78 Å². The van der Waals surface area contributed by atoms with Crippen molar-refractivity contribution < 1.29 is 33.7 Å². The van der Waals surface area contributed by atoms with E-state index in [9.17, 15) is 19.5 Å². The van der Waals surface area contributed by atoms with Crippen molar-refractivity contribution in [1.29, 1.82) is 0 Å². The molecule has 0 aliphatic carbocycles. The van der Waals surface area contributed by atoms with Gasteiger partial charge in [0.15, 0.2) is 5.13 Å². The molecule has 2 aromatic carbocycles. The smallest absolute Gasteiger partial charge is 0.350 e. The van der Waals surface area contributed by atoms with Gasteiger partial charge in [0.1, 0.15) is 34.8 Å². The number of esters is 1. The molecule has 1 N–H and O–H groups in total. The highest BCUT2D eigenvalue weighted by atomic mass is 32.1. The minimum atomic E-state index is -1.02. The maximum absolute atomic E-state index is 13.6. The Morgan fingerprint density at radius 3 is 2.83 bits per heavy atom. The van der Waals surface area contributed by atoms with E-state index in [2.05, 4.69) is 11.6 Å². The van der Waals surface area contributed by atoms with Crippen LogP contribution >= 0.6 is 11.3 Å². The highest BCUT2D eigenvalue weighted by molar-refractivity contribution is 7.17. The second-order valence-electron chi connectivity index (χ2n) is 9.43. The number of anilines is 1. The van der Waals surface area contributed by atoms with Crippen molar-refractivity contribution in [3.8, 4) is 11.5 Å². The molecule has 0 radical (unpaired) electrons. The molecule has 2 unspecified atom stereocenters. The molecular formula is C30H28N2O7S. The molecule has 2 aliphatic rings. The number of hydrogen-bond donors (Lipinski definition) is 1. The Morgan fingerprint density at radius 1 is 1.27 bits per heavy atom. The van der Waals surface area contributed by atoms with E-state index >= 15 is 0 Å². The maximum Gasteiger partial charge on any atom is 0.350 e. The van der Waals surface area contributed by atoms with Gasteiger partial charge in [-0.1, -0.05) is 36.1 Å². The number of aliphatic hydroxyl groups excluding tert-OH is 1. The summed E-state index contributed by atoms with van der Waals surface area (Å²) in [5.74, 6) is -1.39. The van der Waals surface area contributed by atoms with Gasteiger partial charge in [-0.3, -0.25) is 14.5 Å². The lowest BCUT2D eigenvalue weighted by molar-refractivity contribution is -0.132. The fraction of sp³-hybridized carbons (Fsp3) is 0.267. The molecule has 1 aromatic heterocycles. The van der Waals surface area contributed by atoms with Crippen LogP contribution in [0.1, 0.15) is 51.9 Å². The first-order chi connectivity index (χ1) is 19.2. The quantitative estimate of drug-likeness (QED) is 0.132. The Morgan fingerprint density at radius 2 is 2.08 bits per heavy atom. The molecule has 1 fully saturated rings. The van der Waals surface area contributed by atoms with Gasteiger partial charge < -0.3 is 19.3 Å². The summed E-state index contributed by atoms with van der Waals surface area (Å²) in [7, 11) is 0. The zero-order valence-electron chi connectivity index (χ0n) is 22.3. The molecule has 1 saturated heterocycles. The van der Waals surface area contributed by atoms with E-state index in [1.807, 2.05) is 13.8 Å². The van der Waals surface area contributed by atoms with Crippen molar-refractivity contribution >= 4 is 39.9 Å². The topological polar surface area (TPSA) is 115 Å². The van der Waals surface area contributed by atoms with Crippen LogP contribution < -0.4 is 14.4 Å². The number of amides is 1. The SMILES string of the molecule is C=CCOC(=O)c1sc(N2C(=O)C(=O)/C(=C(\O)c3ccc4c(c3)CC(C)O4)C2c2cccc(OCC)c2)nc1C. The van der Waals surface area contributed by atoms with Crippen LogP contribution in [-0.4, -0.2) is 47.1 Å². The van der Waals surface area contributed by atoms with Crippen LogP contribution in [-0.2, 0) is 20.7 Å². The third-order valence-corrected chi connectivity index (χ3v) is 7.74. The number of aliphatic hydroxyl groups is 1. The number of aromatic nitrogens is 1. The van der Waals surface area contributed by atoms with E-state index in [-0.39, 0.29) is 34.1 Å². The zero-order chi connectivity index (χ0) is 28.6. The summed E-state index contributed by atoms with van der Waals surface area (Å²) in [6.07, 6.45) is 2.11. The Balaban J connectivity index is 1.65. The summed E-state index contributed by atoms with van der Waals surface area (Å²) in [4.78, 5) is 45.6. The molecule has 5 rings (SSSR count). The number of carbonyl (C=O) groups is 3. The number of aryl methyl sites for hydroxylation is 1. The summed E-state index contributed by atoms with van der Waals surface area (Å²) in [5.41, 5.74) is 2.09. The maximum atomic E-state index is 13.6. The zero-order valence-corrected chi connectivity index (χ0v) is 23.1. The van der Waals surface area contributed by atoms with Crippen molar-refractivity contribution in [3.63, 3.8) is 0 Å². The number of carbonyl (C=O) groups excluding carboxylic acids is 3. The molecule has 3 aromatic rings. The molecule has 0 spiro atoms. The summed E-state index contributed by atoms with van der Waals surface area (Å²) in [5, 5.41) is 11.7.